The molecule has 0 aliphatic carbocycles. The molecule has 0 aliphatic rings. The second kappa shape index (κ2) is 4.82. The van der Waals surface area contributed by atoms with Gasteiger partial charge in [-0.15, -0.1) is 0 Å². The van der Waals surface area contributed by atoms with Gasteiger partial charge in [-0.1, -0.05) is 11.2 Å². The van der Waals surface area contributed by atoms with Crippen molar-refractivity contribution in [2.75, 3.05) is 4.72 Å². The number of alkyl halides is 3. The number of nitrogens with one attached hydrogen (secondary N) is 1. The van der Waals surface area contributed by atoms with Crippen molar-refractivity contribution in [1.82, 2.24) is 5.16 Å². The van der Waals surface area contributed by atoms with Crippen molar-refractivity contribution in [2.45, 2.75) is 18.0 Å². The molecule has 1 N–H and O–H groups in total. The Balaban J connectivity index is 2.35. The molecule has 0 aliphatic heterocycles. The summed E-state index contributed by atoms with van der Waals surface area (Å²) in [5, 5.41) is 3.41. The van der Waals surface area contributed by atoms with Crippen molar-refractivity contribution in [3.05, 3.63) is 41.7 Å². The summed E-state index contributed by atoms with van der Waals surface area (Å²) in [5.41, 5.74) is -1.04. The number of hydrogen-bond donors (Lipinski definition) is 1. The third kappa shape index (κ3) is 3.10. The first-order chi connectivity index (χ1) is 9.18. The maximum absolute atomic E-state index is 12.5. The van der Waals surface area contributed by atoms with Gasteiger partial charge in [-0.25, -0.2) is 8.42 Å². The number of aromatic nitrogens is 1. The number of halogens is 3. The number of hydrogen-bond acceptors (Lipinski definition) is 4. The van der Waals surface area contributed by atoms with Gasteiger partial charge in [0.1, 0.15) is 5.76 Å². The number of rotatable bonds is 3. The fourth-order valence-electron chi connectivity index (χ4n) is 1.45. The summed E-state index contributed by atoms with van der Waals surface area (Å²) >= 11 is 0. The minimum Gasteiger partial charge on any atom is -0.360 e. The van der Waals surface area contributed by atoms with Crippen LogP contribution in [0.1, 0.15) is 11.3 Å². The molecule has 0 amide bonds. The van der Waals surface area contributed by atoms with E-state index >= 15 is 0 Å². The number of nitrogens with zero attached hydrogens (tertiary/aromatic N) is 1. The van der Waals surface area contributed by atoms with Gasteiger partial charge in [0.25, 0.3) is 10.0 Å². The summed E-state index contributed by atoms with van der Waals surface area (Å²) in [4.78, 5) is -0.507. The lowest BCUT2D eigenvalue weighted by atomic mass is 10.2. The Kier molecular flexibility index (Phi) is 3.46. The molecule has 0 fully saturated rings. The minimum absolute atomic E-state index is 0.0973. The second-order valence-electron chi connectivity index (χ2n) is 3.95. The van der Waals surface area contributed by atoms with Gasteiger partial charge >= 0.3 is 6.18 Å². The van der Waals surface area contributed by atoms with E-state index in [2.05, 4.69) is 9.68 Å². The Bertz CT molecular complexity index is 723. The molecule has 1 aromatic heterocycles. The molecule has 2 rings (SSSR count). The topological polar surface area (TPSA) is 72.2 Å². The molecule has 1 heterocycles. The standard InChI is InChI=1S/C11H9F3N2O3S/c1-7-5-10(15-19-7)16-20(17,18)9-4-2-3-8(6-9)11(12,13)14/h2-6H,1H3,(H,15,16). The molecule has 0 radical (unpaired) electrons. The smallest absolute Gasteiger partial charge is 0.360 e. The molecule has 2 aromatic rings. The van der Waals surface area contributed by atoms with Gasteiger partial charge in [0.15, 0.2) is 5.82 Å². The third-order valence-electron chi connectivity index (χ3n) is 2.34. The summed E-state index contributed by atoms with van der Waals surface area (Å²) in [6.07, 6.45) is -4.62. The van der Waals surface area contributed by atoms with Crippen molar-refractivity contribution in [3.63, 3.8) is 0 Å². The van der Waals surface area contributed by atoms with E-state index in [0.717, 1.165) is 18.2 Å². The molecule has 108 valence electrons. The molecule has 0 bridgehead atoms. The molecule has 0 spiro atoms. The highest BCUT2D eigenvalue weighted by molar-refractivity contribution is 7.92. The van der Waals surface area contributed by atoms with Crippen LogP contribution in [-0.2, 0) is 16.2 Å². The number of anilines is 1. The van der Waals surface area contributed by atoms with Crippen molar-refractivity contribution in [3.8, 4) is 0 Å². The number of benzene rings is 1. The molecule has 0 atom stereocenters. The molecule has 0 saturated heterocycles. The largest absolute Gasteiger partial charge is 0.416 e. The fraction of sp³-hybridized carbons (Fsp3) is 0.182. The molecule has 9 heteroatoms. The SMILES string of the molecule is Cc1cc(NS(=O)(=O)c2cccc(C(F)(F)F)c2)no1. The number of aryl methyl sites for hydroxylation is 1. The van der Waals surface area contributed by atoms with Crippen molar-refractivity contribution < 1.29 is 26.1 Å². The maximum atomic E-state index is 12.5. The first-order valence-electron chi connectivity index (χ1n) is 5.32. The average molecular weight is 306 g/mol. The monoisotopic (exact) mass is 306 g/mol. The Morgan fingerprint density at radius 3 is 2.50 bits per heavy atom. The first-order valence-corrected chi connectivity index (χ1v) is 6.80. The molecule has 0 unspecified atom stereocenters. The molecule has 5 nitrogen and oxygen atoms in total. The van der Waals surface area contributed by atoms with Crippen LogP contribution in [0.25, 0.3) is 0 Å². The van der Waals surface area contributed by atoms with Crippen LogP contribution in [-0.4, -0.2) is 13.6 Å². The normalized spacial score (nSPS) is 12.4. The van der Waals surface area contributed by atoms with Crippen LogP contribution in [0.3, 0.4) is 0 Å². The quantitative estimate of drug-likeness (QED) is 0.946. The van der Waals surface area contributed by atoms with Gasteiger partial charge in [0.2, 0.25) is 0 Å². The summed E-state index contributed by atoms with van der Waals surface area (Å²) in [6.45, 7) is 1.55. The van der Waals surface area contributed by atoms with Crippen molar-refractivity contribution in [1.29, 1.82) is 0 Å². The fourth-order valence-corrected chi connectivity index (χ4v) is 2.48. The summed E-state index contributed by atoms with van der Waals surface area (Å²) in [7, 11) is -4.16. The van der Waals surface area contributed by atoms with E-state index in [0.29, 0.717) is 11.8 Å². The summed E-state index contributed by atoms with van der Waals surface area (Å²) < 4.78 is 68.2. The van der Waals surface area contributed by atoms with E-state index in [1.807, 2.05) is 4.72 Å². The van der Waals surface area contributed by atoms with E-state index in [1.165, 1.54) is 6.07 Å². The van der Waals surface area contributed by atoms with Crippen LogP contribution in [0, 0.1) is 6.92 Å². The van der Waals surface area contributed by atoms with Crippen LogP contribution in [0.15, 0.2) is 39.8 Å². The van der Waals surface area contributed by atoms with E-state index in [4.69, 9.17) is 0 Å². The van der Waals surface area contributed by atoms with Crippen LogP contribution in [0.4, 0.5) is 19.0 Å². The van der Waals surface area contributed by atoms with E-state index in [-0.39, 0.29) is 5.82 Å². The molecule has 0 saturated carbocycles. The average Bonchev–Trinajstić information content (AvgIpc) is 2.73. The van der Waals surface area contributed by atoms with E-state index in [9.17, 15) is 21.6 Å². The molecule has 1 aromatic carbocycles. The molecular formula is C11H9F3N2O3S. The van der Waals surface area contributed by atoms with Crippen LogP contribution in [0.2, 0.25) is 0 Å². The molecule has 20 heavy (non-hydrogen) atoms. The van der Waals surface area contributed by atoms with Crippen molar-refractivity contribution in [2.24, 2.45) is 0 Å². The van der Waals surface area contributed by atoms with Crippen LogP contribution < -0.4 is 4.72 Å². The van der Waals surface area contributed by atoms with Gasteiger partial charge in [-0.3, -0.25) is 4.72 Å². The highest BCUT2D eigenvalue weighted by atomic mass is 32.2. The molecular weight excluding hydrogens is 297 g/mol. The maximum Gasteiger partial charge on any atom is 0.416 e. The zero-order valence-corrected chi connectivity index (χ0v) is 10.9. The zero-order valence-electron chi connectivity index (χ0n) is 10.1. The van der Waals surface area contributed by atoms with Crippen molar-refractivity contribution >= 4 is 15.8 Å². The van der Waals surface area contributed by atoms with E-state index < -0.39 is 26.7 Å². The van der Waals surface area contributed by atoms with Gasteiger partial charge in [0, 0.05) is 6.07 Å². The van der Waals surface area contributed by atoms with E-state index in [1.54, 1.807) is 6.92 Å². The van der Waals surface area contributed by atoms with Gasteiger partial charge in [-0.2, -0.15) is 13.2 Å². The zero-order chi connectivity index (χ0) is 15.0. The highest BCUT2D eigenvalue weighted by Crippen LogP contribution is 2.30. The lowest BCUT2D eigenvalue weighted by Gasteiger charge is -2.09. The summed E-state index contributed by atoms with van der Waals surface area (Å²) in [5.74, 6) is 0.270. The Morgan fingerprint density at radius 1 is 1.25 bits per heavy atom. The second-order valence-corrected chi connectivity index (χ2v) is 5.64. The van der Waals surface area contributed by atoms with Crippen LogP contribution >= 0.6 is 0 Å². The van der Waals surface area contributed by atoms with Gasteiger partial charge in [0.05, 0.1) is 10.5 Å². The Morgan fingerprint density at radius 2 is 1.95 bits per heavy atom. The van der Waals surface area contributed by atoms with Gasteiger partial charge in [-0.05, 0) is 25.1 Å². The highest BCUT2D eigenvalue weighted by Gasteiger charge is 2.31. The predicted molar refractivity (Wildman–Crippen MR) is 63.5 cm³/mol. The lowest BCUT2D eigenvalue weighted by molar-refractivity contribution is -0.137. The Hall–Kier alpha value is -2.03. The first kappa shape index (κ1) is 14.4. The third-order valence-corrected chi connectivity index (χ3v) is 3.69. The minimum atomic E-state index is -4.62. The number of sulfonamides is 1. The van der Waals surface area contributed by atoms with Gasteiger partial charge < -0.3 is 4.52 Å². The Labute approximate surface area is 112 Å². The summed E-state index contributed by atoms with van der Waals surface area (Å²) in [6, 6.07) is 4.73. The lowest BCUT2D eigenvalue weighted by Crippen LogP contribution is -2.14. The predicted octanol–water partition coefficient (Wildman–Crippen LogP) is 2.80. The van der Waals surface area contributed by atoms with Crippen LogP contribution in [0.5, 0.6) is 0 Å².